The summed E-state index contributed by atoms with van der Waals surface area (Å²) in [7, 11) is 0. The smallest absolute Gasteiger partial charge is 0.0162 e. The van der Waals surface area contributed by atoms with E-state index in [2.05, 4.69) is 31.2 Å². The molecule has 1 aliphatic rings. The third-order valence-corrected chi connectivity index (χ3v) is 3.15. The third kappa shape index (κ3) is 5.91. The third-order valence-electron chi connectivity index (χ3n) is 3.15. The zero-order chi connectivity index (χ0) is 13.1. The Kier molecular flexibility index (Phi) is 9.90. The van der Waals surface area contributed by atoms with Gasteiger partial charge < -0.3 is 0 Å². The minimum atomic E-state index is 0.856. The van der Waals surface area contributed by atoms with E-state index in [1.807, 2.05) is 27.7 Å². The molecule has 0 bridgehead atoms. The zero-order valence-electron chi connectivity index (χ0n) is 12.4. The highest BCUT2D eigenvalue weighted by atomic mass is 14.2. The van der Waals surface area contributed by atoms with Crippen LogP contribution in [0, 0.1) is 6.92 Å². The van der Waals surface area contributed by atoms with Gasteiger partial charge in [-0.3, -0.25) is 0 Å². The molecule has 0 radical (unpaired) electrons. The Morgan fingerprint density at radius 1 is 0.765 bits per heavy atom. The second kappa shape index (κ2) is 10.4. The van der Waals surface area contributed by atoms with Gasteiger partial charge in [0.15, 0.2) is 0 Å². The minimum Gasteiger partial charge on any atom is -0.0683 e. The molecule has 1 aromatic carbocycles. The van der Waals surface area contributed by atoms with Crippen LogP contribution < -0.4 is 0 Å². The molecule has 0 heterocycles. The van der Waals surface area contributed by atoms with Crippen molar-refractivity contribution in [2.75, 3.05) is 0 Å². The molecule has 0 amide bonds. The van der Waals surface area contributed by atoms with E-state index in [1.54, 1.807) is 5.56 Å². The van der Waals surface area contributed by atoms with Crippen molar-refractivity contribution in [1.82, 2.24) is 0 Å². The van der Waals surface area contributed by atoms with Crippen molar-refractivity contribution in [3.8, 4) is 0 Å². The van der Waals surface area contributed by atoms with Crippen molar-refractivity contribution >= 4 is 0 Å². The molecule has 0 unspecified atom stereocenters. The first-order valence-corrected chi connectivity index (χ1v) is 7.43. The SMILES string of the molecule is CC.CC.Cc1ccc(C2CCCCC2)cc1. The zero-order valence-corrected chi connectivity index (χ0v) is 12.4. The minimum absolute atomic E-state index is 0.856. The summed E-state index contributed by atoms with van der Waals surface area (Å²) in [6, 6.07) is 9.10. The fourth-order valence-corrected chi connectivity index (χ4v) is 2.27. The van der Waals surface area contributed by atoms with E-state index in [-0.39, 0.29) is 0 Å². The van der Waals surface area contributed by atoms with Gasteiger partial charge in [0.1, 0.15) is 0 Å². The van der Waals surface area contributed by atoms with Gasteiger partial charge in [-0.25, -0.2) is 0 Å². The fraction of sp³-hybridized carbons (Fsp3) is 0.647. The van der Waals surface area contributed by atoms with Crippen molar-refractivity contribution in [3.63, 3.8) is 0 Å². The van der Waals surface area contributed by atoms with Gasteiger partial charge in [0, 0.05) is 0 Å². The molecule has 17 heavy (non-hydrogen) atoms. The van der Waals surface area contributed by atoms with Gasteiger partial charge in [-0.15, -0.1) is 0 Å². The molecular formula is C17H30. The van der Waals surface area contributed by atoms with Crippen LogP contribution in [-0.4, -0.2) is 0 Å². The lowest BCUT2D eigenvalue weighted by molar-refractivity contribution is 0.443. The molecule has 1 aromatic rings. The number of benzene rings is 1. The lowest BCUT2D eigenvalue weighted by Crippen LogP contribution is -2.04. The van der Waals surface area contributed by atoms with Gasteiger partial charge in [-0.1, -0.05) is 76.8 Å². The van der Waals surface area contributed by atoms with E-state index in [0.717, 1.165) is 5.92 Å². The molecule has 0 aliphatic heterocycles. The lowest BCUT2D eigenvalue weighted by Gasteiger charge is -2.21. The molecule has 1 fully saturated rings. The van der Waals surface area contributed by atoms with Crippen LogP contribution in [-0.2, 0) is 0 Å². The fourth-order valence-electron chi connectivity index (χ4n) is 2.27. The number of aryl methyl sites for hydroxylation is 1. The highest BCUT2D eigenvalue weighted by Gasteiger charge is 2.14. The molecule has 0 atom stereocenters. The van der Waals surface area contributed by atoms with Gasteiger partial charge in [-0.05, 0) is 31.2 Å². The summed E-state index contributed by atoms with van der Waals surface area (Å²) in [5.74, 6) is 0.856. The van der Waals surface area contributed by atoms with Gasteiger partial charge >= 0.3 is 0 Å². The Morgan fingerprint density at radius 3 is 1.71 bits per heavy atom. The van der Waals surface area contributed by atoms with Crippen LogP contribution in [0.5, 0.6) is 0 Å². The van der Waals surface area contributed by atoms with Crippen LogP contribution in [0.4, 0.5) is 0 Å². The van der Waals surface area contributed by atoms with Crippen molar-refractivity contribution < 1.29 is 0 Å². The molecule has 0 heteroatoms. The maximum atomic E-state index is 2.31. The molecule has 1 aliphatic carbocycles. The quantitative estimate of drug-likeness (QED) is 0.551. The molecule has 0 N–H and O–H groups in total. The van der Waals surface area contributed by atoms with E-state index < -0.39 is 0 Å². The summed E-state index contributed by atoms with van der Waals surface area (Å²) in [6.45, 7) is 10.2. The molecule has 1 saturated carbocycles. The molecule has 0 saturated heterocycles. The standard InChI is InChI=1S/C13H18.2C2H6/c1-11-7-9-13(10-8-11)12-5-3-2-4-6-12;2*1-2/h7-10,12H,2-6H2,1H3;2*1-2H3. The van der Waals surface area contributed by atoms with Crippen molar-refractivity contribution in [2.45, 2.75) is 72.6 Å². The van der Waals surface area contributed by atoms with Crippen molar-refractivity contribution in [3.05, 3.63) is 35.4 Å². The summed E-state index contributed by atoms with van der Waals surface area (Å²) < 4.78 is 0. The highest BCUT2D eigenvalue weighted by molar-refractivity contribution is 5.24. The van der Waals surface area contributed by atoms with Crippen LogP contribution in [0.2, 0.25) is 0 Å². The van der Waals surface area contributed by atoms with E-state index in [1.165, 1.54) is 37.7 Å². The van der Waals surface area contributed by atoms with Crippen molar-refractivity contribution in [1.29, 1.82) is 0 Å². The first kappa shape index (κ1) is 16.2. The Morgan fingerprint density at radius 2 is 1.24 bits per heavy atom. The second-order valence-electron chi connectivity index (χ2n) is 4.25. The Balaban J connectivity index is 0.000000581. The predicted molar refractivity (Wildman–Crippen MR) is 79.7 cm³/mol. The average Bonchev–Trinajstić information content (AvgIpc) is 2.45. The monoisotopic (exact) mass is 234 g/mol. The van der Waals surface area contributed by atoms with E-state index in [9.17, 15) is 0 Å². The van der Waals surface area contributed by atoms with Gasteiger partial charge in [0.05, 0.1) is 0 Å². The second-order valence-corrected chi connectivity index (χ2v) is 4.25. The summed E-state index contributed by atoms with van der Waals surface area (Å²) in [5.41, 5.74) is 2.94. The van der Waals surface area contributed by atoms with Gasteiger partial charge in [-0.2, -0.15) is 0 Å². The van der Waals surface area contributed by atoms with Gasteiger partial charge in [0.2, 0.25) is 0 Å². The average molecular weight is 234 g/mol. The summed E-state index contributed by atoms with van der Waals surface area (Å²) in [4.78, 5) is 0. The number of hydrogen-bond donors (Lipinski definition) is 0. The molecule has 0 nitrogen and oxygen atoms in total. The van der Waals surface area contributed by atoms with Crippen LogP contribution >= 0.6 is 0 Å². The van der Waals surface area contributed by atoms with Crippen LogP contribution in [0.1, 0.15) is 76.8 Å². The molecule has 98 valence electrons. The van der Waals surface area contributed by atoms with Crippen LogP contribution in [0.25, 0.3) is 0 Å². The topological polar surface area (TPSA) is 0 Å². The van der Waals surface area contributed by atoms with Crippen LogP contribution in [0.3, 0.4) is 0 Å². The van der Waals surface area contributed by atoms with E-state index in [0.29, 0.717) is 0 Å². The normalized spacial score (nSPS) is 15.1. The molecule has 2 rings (SSSR count). The maximum Gasteiger partial charge on any atom is -0.0162 e. The van der Waals surface area contributed by atoms with Crippen molar-refractivity contribution in [2.24, 2.45) is 0 Å². The lowest BCUT2D eigenvalue weighted by atomic mass is 9.84. The summed E-state index contributed by atoms with van der Waals surface area (Å²) >= 11 is 0. The van der Waals surface area contributed by atoms with Crippen LogP contribution in [0.15, 0.2) is 24.3 Å². The number of rotatable bonds is 1. The maximum absolute atomic E-state index is 2.31. The van der Waals surface area contributed by atoms with Gasteiger partial charge in [0.25, 0.3) is 0 Å². The number of hydrogen-bond acceptors (Lipinski definition) is 0. The molecular weight excluding hydrogens is 204 g/mol. The van der Waals surface area contributed by atoms with E-state index >= 15 is 0 Å². The first-order chi connectivity index (χ1) is 8.36. The summed E-state index contributed by atoms with van der Waals surface area (Å²) in [6.07, 6.45) is 7.12. The highest BCUT2D eigenvalue weighted by Crippen LogP contribution is 2.32. The largest absolute Gasteiger partial charge is 0.0683 e. The Labute approximate surface area is 108 Å². The first-order valence-electron chi connectivity index (χ1n) is 7.43. The molecule has 0 spiro atoms. The Bertz CT molecular complexity index is 252. The van der Waals surface area contributed by atoms with E-state index in [4.69, 9.17) is 0 Å². The molecule has 0 aromatic heterocycles. The Hall–Kier alpha value is -0.780. The predicted octanol–water partition coefficient (Wildman–Crippen LogP) is 6.10. The summed E-state index contributed by atoms with van der Waals surface area (Å²) in [5, 5.41) is 0.